The summed E-state index contributed by atoms with van der Waals surface area (Å²) < 4.78 is 5.47. The van der Waals surface area contributed by atoms with Crippen LogP contribution in [0, 0.1) is 13.8 Å². The van der Waals surface area contributed by atoms with Gasteiger partial charge in [-0.05, 0) is 79.6 Å². The second-order valence-corrected chi connectivity index (χ2v) is 8.01. The van der Waals surface area contributed by atoms with Crippen LogP contribution in [0.25, 0.3) is 0 Å². The number of ether oxygens (including phenoxy) is 1. The molecule has 0 bridgehead atoms. The number of anilines is 1. The van der Waals surface area contributed by atoms with Crippen molar-refractivity contribution in [2.24, 2.45) is 0 Å². The molecule has 0 aromatic heterocycles. The first-order valence-corrected chi connectivity index (χ1v) is 10.3. The lowest BCUT2D eigenvalue weighted by Gasteiger charge is -2.12. The van der Waals surface area contributed by atoms with Gasteiger partial charge in [0, 0.05) is 32.5 Å². The van der Waals surface area contributed by atoms with Crippen molar-refractivity contribution in [1.29, 1.82) is 0 Å². The number of benzene rings is 3. The van der Waals surface area contributed by atoms with Crippen molar-refractivity contribution in [3.05, 3.63) is 87.9 Å². The fourth-order valence-corrected chi connectivity index (χ4v) is 3.75. The Balaban J connectivity index is 1.76. The average Bonchev–Trinajstić information content (AvgIpc) is 2.70. The highest BCUT2D eigenvalue weighted by Gasteiger charge is 2.12. The van der Waals surface area contributed by atoms with Crippen LogP contribution in [0.2, 0.25) is 5.02 Å². The molecule has 3 rings (SSSR count). The molecule has 0 aliphatic rings. The molecular formula is C23H22ClNO2S. The first kappa shape index (κ1) is 20.3. The molecule has 3 aromatic rings. The van der Waals surface area contributed by atoms with E-state index in [2.05, 4.69) is 12.2 Å². The fraction of sp³-hybridized carbons (Fsp3) is 0.174. The number of carbonyl (C=O) groups excluding carboxylic acids is 1. The van der Waals surface area contributed by atoms with Gasteiger partial charge in [0.2, 0.25) is 0 Å². The first-order valence-electron chi connectivity index (χ1n) is 8.90. The summed E-state index contributed by atoms with van der Waals surface area (Å²) in [6, 6.07) is 19.1. The zero-order valence-electron chi connectivity index (χ0n) is 16.1. The van der Waals surface area contributed by atoms with E-state index in [1.165, 1.54) is 5.56 Å². The van der Waals surface area contributed by atoms with Gasteiger partial charge in [-0.3, -0.25) is 4.79 Å². The fourth-order valence-electron chi connectivity index (χ4n) is 2.75. The topological polar surface area (TPSA) is 38.3 Å². The van der Waals surface area contributed by atoms with E-state index in [9.17, 15) is 4.79 Å². The van der Waals surface area contributed by atoms with Gasteiger partial charge in [-0.25, -0.2) is 0 Å². The zero-order chi connectivity index (χ0) is 20.1. The number of nitrogens with one attached hydrogen (secondary N) is 1. The summed E-state index contributed by atoms with van der Waals surface area (Å²) in [6.45, 7) is 4.08. The Morgan fingerprint density at radius 1 is 1.00 bits per heavy atom. The van der Waals surface area contributed by atoms with Gasteiger partial charge in [-0.1, -0.05) is 17.7 Å². The minimum atomic E-state index is -0.136. The molecule has 0 unspecified atom stereocenters. The second kappa shape index (κ2) is 9.18. The lowest BCUT2D eigenvalue weighted by molar-refractivity contribution is 0.102. The minimum Gasteiger partial charge on any atom is -0.496 e. The maximum Gasteiger partial charge on any atom is 0.255 e. The molecule has 28 heavy (non-hydrogen) atoms. The van der Waals surface area contributed by atoms with Gasteiger partial charge in [0.1, 0.15) is 5.75 Å². The molecule has 0 atom stereocenters. The molecule has 0 spiro atoms. The summed E-state index contributed by atoms with van der Waals surface area (Å²) in [6.07, 6.45) is 0. The predicted molar refractivity (Wildman–Crippen MR) is 118 cm³/mol. The van der Waals surface area contributed by atoms with Crippen LogP contribution in [-0.4, -0.2) is 13.0 Å². The van der Waals surface area contributed by atoms with Gasteiger partial charge in [0.05, 0.1) is 7.11 Å². The standard InChI is InChI=1S/C23H22ClNO2S/c1-15-4-8-20(12-16(15)2)25-23(26)17-5-11-22(27-3)18(13-17)14-28-21-9-6-19(24)7-10-21/h4-13H,14H2,1-3H3,(H,25,26). The van der Waals surface area contributed by atoms with Gasteiger partial charge in [0.15, 0.2) is 0 Å². The molecule has 1 amide bonds. The molecule has 0 aliphatic carbocycles. The van der Waals surface area contributed by atoms with Gasteiger partial charge in [0.25, 0.3) is 5.91 Å². The summed E-state index contributed by atoms with van der Waals surface area (Å²) in [4.78, 5) is 13.8. The molecule has 1 N–H and O–H groups in total. The number of rotatable bonds is 6. The molecule has 0 heterocycles. The SMILES string of the molecule is COc1ccc(C(=O)Nc2ccc(C)c(C)c2)cc1CSc1ccc(Cl)cc1. The van der Waals surface area contributed by atoms with Crippen molar-refractivity contribution < 1.29 is 9.53 Å². The molecule has 5 heteroatoms. The number of amides is 1. The van der Waals surface area contributed by atoms with Crippen molar-refractivity contribution in [1.82, 2.24) is 0 Å². The number of hydrogen-bond donors (Lipinski definition) is 1. The molecule has 144 valence electrons. The van der Waals surface area contributed by atoms with Crippen LogP contribution in [0.15, 0.2) is 65.6 Å². The number of halogens is 1. The predicted octanol–water partition coefficient (Wildman–Crippen LogP) is 6.51. The number of aryl methyl sites for hydroxylation is 2. The Morgan fingerprint density at radius 3 is 2.43 bits per heavy atom. The Hall–Kier alpha value is -2.43. The number of hydrogen-bond acceptors (Lipinski definition) is 3. The first-order chi connectivity index (χ1) is 13.5. The lowest BCUT2D eigenvalue weighted by atomic mass is 10.1. The Morgan fingerprint density at radius 2 is 1.75 bits per heavy atom. The van der Waals surface area contributed by atoms with Crippen LogP contribution in [0.4, 0.5) is 5.69 Å². The van der Waals surface area contributed by atoms with E-state index < -0.39 is 0 Å². The third-order valence-corrected chi connectivity index (χ3v) is 5.83. The van der Waals surface area contributed by atoms with E-state index >= 15 is 0 Å². The summed E-state index contributed by atoms with van der Waals surface area (Å²) in [7, 11) is 1.64. The van der Waals surface area contributed by atoms with Crippen molar-refractivity contribution >= 4 is 35.0 Å². The zero-order valence-corrected chi connectivity index (χ0v) is 17.7. The van der Waals surface area contributed by atoms with E-state index in [1.54, 1.807) is 24.9 Å². The van der Waals surface area contributed by atoms with Crippen LogP contribution in [0.3, 0.4) is 0 Å². The number of carbonyl (C=O) groups is 1. The van der Waals surface area contributed by atoms with Crippen molar-refractivity contribution in [2.75, 3.05) is 12.4 Å². The van der Waals surface area contributed by atoms with E-state index in [0.29, 0.717) is 16.3 Å². The summed E-state index contributed by atoms with van der Waals surface area (Å²) in [5, 5.41) is 3.68. The van der Waals surface area contributed by atoms with Gasteiger partial charge in [-0.15, -0.1) is 11.8 Å². The normalized spacial score (nSPS) is 10.6. The largest absolute Gasteiger partial charge is 0.496 e. The second-order valence-electron chi connectivity index (χ2n) is 6.52. The molecule has 0 radical (unpaired) electrons. The van der Waals surface area contributed by atoms with E-state index in [1.807, 2.05) is 61.5 Å². The number of methoxy groups -OCH3 is 1. The highest BCUT2D eigenvalue weighted by atomic mass is 35.5. The average molecular weight is 412 g/mol. The smallest absolute Gasteiger partial charge is 0.255 e. The molecule has 0 fully saturated rings. The summed E-state index contributed by atoms with van der Waals surface area (Å²) >= 11 is 7.61. The highest BCUT2D eigenvalue weighted by Crippen LogP contribution is 2.30. The monoisotopic (exact) mass is 411 g/mol. The Bertz CT molecular complexity index is 986. The van der Waals surface area contributed by atoms with Crippen molar-refractivity contribution in [2.45, 2.75) is 24.5 Å². The molecule has 3 nitrogen and oxygen atoms in total. The minimum absolute atomic E-state index is 0.136. The van der Waals surface area contributed by atoms with Gasteiger partial charge < -0.3 is 10.1 Å². The third-order valence-electron chi connectivity index (χ3n) is 4.52. The lowest BCUT2D eigenvalue weighted by Crippen LogP contribution is -2.12. The third kappa shape index (κ3) is 5.09. The van der Waals surface area contributed by atoms with E-state index in [0.717, 1.165) is 27.5 Å². The van der Waals surface area contributed by atoms with Gasteiger partial charge >= 0.3 is 0 Å². The van der Waals surface area contributed by atoms with Crippen LogP contribution in [-0.2, 0) is 5.75 Å². The van der Waals surface area contributed by atoms with Crippen LogP contribution in [0.1, 0.15) is 27.0 Å². The van der Waals surface area contributed by atoms with Crippen molar-refractivity contribution in [3.8, 4) is 5.75 Å². The molecule has 0 saturated heterocycles. The quantitative estimate of drug-likeness (QED) is 0.470. The van der Waals surface area contributed by atoms with E-state index in [-0.39, 0.29) is 5.91 Å². The summed E-state index contributed by atoms with van der Waals surface area (Å²) in [5.74, 6) is 1.32. The van der Waals surface area contributed by atoms with Gasteiger partial charge in [-0.2, -0.15) is 0 Å². The van der Waals surface area contributed by atoms with E-state index in [4.69, 9.17) is 16.3 Å². The van der Waals surface area contributed by atoms with Crippen LogP contribution in [0.5, 0.6) is 5.75 Å². The molecular weight excluding hydrogens is 390 g/mol. The summed E-state index contributed by atoms with van der Waals surface area (Å²) in [5.41, 5.74) is 4.71. The van der Waals surface area contributed by atoms with Crippen LogP contribution < -0.4 is 10.1 Å². The Labute approximate surface area is 175 Å². The Kier molecular flexibility index (Phi) is 6.65. The molecule has 0 saturated carbocycles. The highest BCUT2D eigenvalue weighted by molar-refractivity contribution is 7.98. The van der Waals surface area contributed by atoms with Crippen LogP contribution >= 0.6 is 23.4 Å². The molecule has 3 aromatic carbocycles. The number of thioether (sulfide) groups is 1. The maximum atomic E-state index is 12.7. The van der Waals surface area contributed by atoms with Crippen molar-refractivity contribution in [3.63, 3.8) is 0 Å². The molecule has 0 aliphatic heterocycles. The maximum absolute atomic E-state index is 12.7.